The Morgan fingerprint density at radius 2 is 1.33 bits per heavy atom. The lowest BCUT2D eigenvalue weighted by Gasteiger charge is -2.30. The Balaban J connectivity index is 0.00000220. The van der Waals surface area contributed by atoms with Gasteiger partial charge in [0.2, 0.25) is 0 Å². The van der Waals surface area contributed by atoms with E-state index in [0.29, 0.717) is 0 Å². The van der Waals surface area contributed by atoms with Crippen LogP contribution in [0.5, 0.6) is 0 Å². The molecule has 0 heterocycles. The average Bonchev–Trinajstić information content (AvgIpc) is 2.44. The zero-order valence-corrected chi connectivity index (χ0v) is 15.3. The largest absolute Gasteiger partial charge is 1.00 e. The zero-order valence-electron chi connectivity index (χ0n) is 13.2. The van der Waals surface area contributed by atoms with Gasteiger partial charge in [0.1, 0.15) is 0 Å². The highest BCUT2D eigenvalue weighted by atomic mass is 127. The van der Waals surface area contributed by atoms with Crippen LogP contribution >= 0.6 is 0 Å². The lowest BCUT2D eigenvalue weighted by molar-refractivity contribution is -0.868. The van der Waals surface area contributed by atoms with Crippen molar-refractivity contribution in [3.05, 3.63) is 66.2 Å². The molecule has 2 nitrogen and oxygen atoms in total. The van der Waals surface area contributed by atoms with E-state index in [1.54, 1.807) is 0 Å². The molecular formula is C18H25IN2. The third-order valence-corrected chi connectivity index (χ3v) is 3.38. The van der Waals surface area contributed by atoms with E-state index in [0.717, 1.165) is 24.1 Å². The molecule has 2 rings (SSSR count). The summed E-state index contributed by atoms with van der Waals surface area (Å²) in [4.78, 5) is 2.46. The molecule has 0 amide bonds. The SMILES string of the molecule is C[N+](C)(C)CCN(Cc1ccccc1)c1ccccc1.[I-]. The molecule has 0 spiro atoms. The third-order valence-electron chi connectivity index (χ3n) is 3.38. The second-order valence-corrected chi connectivity index (χ2v) is 6.26. The maximum Gasteiger partial charge on any atom is 0.0958 e. The van der Waals surface area contributed by atoms with Crippen molar-refractivity contribution in [2.24, 2.45) is 0 Å². The highest BCUT2D eigenvalue weighted by molar-refractivity contribution is 5.46. The molecular weight excluding hydrogens is 371 g/mol. The van der Waals surface area contributed by atoms with Gasteiger partial charge in [0.25, 0.3) is 0 Å². The summed E-state index contributed by atoms with van der Waals surface area (Å²) in [6.45, 7) is 3.15. The van der Waals surface area contributed by atoms with Crippen molar-refractivity contribution >= 4 is 5.69 Å². The zero-order chi connectivity index (χ0) is 14.4. The summed E-state index contributed by atoms with van der Waals surface area (Å²) in [6, 6.07) is 21.4. The first kappa shape index (κ1) is 18.0. The lowest BCUT2D eigenvalue weighted by atomic mass is 10.2. The van der Waals surface area contributed by atoms with Gasteiger partial charge < -0.3 is 33.4 Å². The Hall–Kier alpha value is -1.07. The van der Waals surface area contributed by atoms with Crippen LogP contribution in [0.3, 0.4) is 0 Å². The summed E-state index contributed by atoms with van der Waals surface area (Å²) < 4.78 is 0.984. The molecule has 3 heteroatoms. The number of quaternary nitrogens is 1. The molecule has 2 aromatic rings. The normalized spacial score (nSPS) is 10.8. The van der Waals surface area contributed by atoms with Crippen LogP contribution in [0.4, 0.5) is 5.69 Å². The molecule has 0 unspecified atom stereocenters. The lowest BCUT2D eigenvalue weighted by Crippen LogP contribution is -3.00. The summed E-state index contributed by atoms with van der Waals surface area (Å²) in [6.07, 6.45) is 0. The second-order valence-electron chi connectivity index (χ2n) is 6.26. The maximum absolute atomic E-state index is 2.46. The Labute approximate surface area is 146 Å². The quantitative estimate of drug-likeness (QED) is 0.505. The number of rotatable bonds is 6. The molecule has 0 fully saturated rings. The van der Waals surface area contributed by atoms with Crippen LogP contribution < -0.4 is 28.9 Å². The van der Waals surface area contributed by atoms with E-state index < -0.39 is 0 Å². The number of hydrogen-bond acceptors (Lipinski definition) is 1. The van der Waals surface area contributed by atoms with Crippen molar-refractivity contribution in [2.75, 3.05) is 39.1 Å². The van der Waals surface area contributed by atoms with Gasteiger partial charge in [0.05, 0.1) is 34.2 Å². The van der Waals surface area contributed by atoms with Crippen molar-refractivity contribution in [1.29, 1.82) is 0 Å². The first-order valence-corrected chi connectivity index (χ1v) is 7.19. The predicted octanol–water partition coefficient (Wildman–Crippen LogP) is 0.403. The summed E-state index contributed by atoms with van der Waals surface area (Å²) in [5, 5.41) is 0. The molecule has 2 aromatic carbocycles. The number of halogens is 1. The van der Waals surface area contributed by atoms with Crippen molar-refractivity contribution in [3.63, 3.8) is 0 Å². The van der Waals surface area contributed by atoms with Gasteiger partial charge in [-0.3, -0.25) is 0 Å². The fourth-order valence-corrected chi connectivity index (χ4v) is 2.16. The van der Waals surface area contributed by atoms with Crippen LogP contribution in [-0.4, -0.2) is 38.7 Å². The average molecular weight is 396 g/mol. The molecule has 0 bridgehead atoms. The van der Waals surface area contributed by atoms with Gasteiger partial charge in [0.15, 0.2) is 0 Å². The number of anilines is 1. The standard InChI is InChI=1S/C18H25N2.HI/c1-20(2,3)15-14-19(18-12-8-5-9-13-18)16-17-10-6-4-7-11-17;/h4-13H,14-16H2,1-3H3;1H/q+1;/p-1. The Morgan fingerprint density at radius 1 is 0.810 bits per heavy atom. The van der Waals surface area contributed by atoms with Crippen molar-refractivity contribution in [1.82, 2.24) is 0 Å². The second kappa shape index (κ2) is 8.39. The monoisotopic (exact) mass is 396 g/mol. The van der Waals surface area contributed by atoms with Gasteiger partial charge in [-0.05, 0) is 17.7 Å². The number of para-hydroxylation sites is 1. The Kier molecular flexibility index (Phi) is 7.18. The fourth-order valence-electron chi connectivity index (χ4n) is 2.16. The fraction of sp³-hybridized carbons (Fsp3) is 0.333. The van der Waals surface area contributed by atoms with Gasteiger partial charge in [-0.25, -0.2) is 0 Å². The molecule has 0 aliphatic heterocycles. The van der Waals surface area contributed by atoms with E-state index in [9.17, 15) is 0 Å². The maximum atomic E-state index is 2.46. The predicted molar refractivity (Wildman–Crippen MR) is 86.8 cm³/mol. The molecule has 0 radical (unpaired) electrons. The molecule has 0 aliphatic carbocycles. The third kappa shape index (κ3) is 6.48. The number of hydrogen-bond donors (Lipinski definition) is 0. The van der Waals surface area contributed by atoms with Crippen molar-refractivity contribution in [3.8, 4) is 0 Å². The molecule has 0 atom stereocenters. The highest BCUT2D eigenvalue weighted by Gasteiger charge is 2.12. The first-order valence-electron chi connectivity index (χ1n) is 7.19. The van der Waals surface area contributed by atoms with Crippen molar-refractivity contribution < 1.29 is 28.5 Å². The van der Waals surface area contributed by atoms with E-state index in [1.165, 1.54) is 11.3 Å². The van der Waals surface area contributed by atoms with Crippen LogP contribution in [0.15, 0.2) is 60.7 Å². The van der Waals surface area contributed by atoms with Crippen LogP contribution in [0, 0.1) is 0 Å². The van der Waals surface area contributed by atoms with Crippen molar-refractivity contribution in [2.45, 2.75) is 6.54 Å². The number of benzene rings is 2. The van der Waals surface area contributed by atoms with Gasteiger partial charge in [-0.2, -0.15) is 0 Å². The van der Waals surface area contributed by atoms with Crippen LogP contribution in [0.25, 0.3) is 0 Å². The Morgan fingerprint density at radius 3 is 1.86 bits per heavy atom. The van der Waals surface area contributed by atoms with Gasteiger partial charge in [-0.15, -0.1) is 0 Å². The minimum atomic E-state index is 0. The first-order chi connectivity index (χ1) is 9.54. The van der Waals surface area contributed by atoms with E-state index in [2.05, 4.69) is 86.7 Å². The Bertz CT molecular complexity index is 506. The van der Waals surface area contributed by atoms with Crippen LogP contribution in [-0.2, 0) is 6.54 Å². The smallest absolute Gasteiger partial charge is 0.0958 e. The molecule has 0 N–H and O–H groups in total. The molecule has 0 saturated carbocycles. The summed E-state index contributed by atoms with van der Waals surface area (Å²) in [5.41, 5.74) is 2.66. The molecule has 21 heavy (non-hydrogen) atoms. The minimum absolute atomic E-state index is 0. The van der Waals surface area contributed by atoms with E-state index in [4.69, 9.17) is 0 Å². The molecule has 0 aliphatic rings. The topological polar surface area (TPSA) is 3.24 Å². The number of likely N-dealkylation sites (N-methyl/N-ethyl adjacent to an activating group) is 1. The highest BCUT2D eigenvalue weighted by Crippen LogP contribution is 2.16. The minimum Gasteiger partial charge on any atom is -1.00 e. The molecule has 0 aromatic heterocycles. The summed E-state index contributed by atoms with van der Waals surface area (Å²) >= 11 is 0. The van der Waals surface area contributed by atoms with E-state index in [1.807, 2.05) is 0 Å². The number of nitrogens with zero attached hydrogens (tertiary/aromatic N) is 2. The summed E-state index contributed by atoms with van der Waals surface area (Å²) in [7, 11) is 6.73. The van der Waals surface area contributed by atoms with Gasteiger partial charge in [0, 0.05) is 12.2 Å². The summed E-state index contributed by atoms with van der Waals surface area (Å²) in [5.74, 6) is 0. The van der Waals surface area contributed by atoms with E-state index >= 15 is 0 Å². The van der Waals surface area contributed by atoms with E-state index in [-0.39, 0.29) is 24.0 Å². The van der Waals surface area contributed by atoms with Crippen LogP contribution in [0.1, 0.15) is 5.56 Å². The molecule has 0 saturated heterocycles. The van der Waals surface area contributed by atoms with Gasteiger partial charge >= 0.3 is 0 Å². The van der Waals surface area contributed by atoms with Gasteiger partial charge in [-0.1, -0.05) is 48.5 Å². The molecule has 114 valence electrons. The van der Waals surface area contributed by atoms with Crippen LogP contribution in [0.2, 0.25) is 0 Å².